The number of aryl methyl sites for hydroxylation is 1. The smallest absolute Gasteiger partial charge is 0.341 e. The zero-order valence-corrected chi connectivity index (χ0v) is 10.0. The molecule has 0 aliphatic carbocycles. The van der Waals surface area contributed by atoms with Crippen LogP contribution in [0.3, 0.4) is 0 Å². The van der Waals surface area contributed by atoms with E-state index in [1.54, 1.807) is 26.2 Å². The molecule has 0 aliphatic heterocycles. The number of nitrogens with two attached hydrogens (primary N) is 1. The summed E-state index contributed by atoms with van der Waals surface area (Å²) in [6, 6.07) is 4.97. The van der Waals surface area contributed by atoms with Crippen molar-refractivity contribution in [2.24, 2.45) is 7.05 Å². The summed E-state index contributed by atoms with van der Waals surface area (Å²) in [6.45, 7) is 0. The number of benzene rings is 1. The first-order valence-corrected chi connectivity index (χ1v) is 5.25. The normalized spacial score (nSPS) is 10.1. The van der Waals surface area contributed by atoms with E-state index in [9.17, 15) is 4.79 Å². The summed E-state index contributed by atoms with van der Waals surface area (Å²) < 4.78 is 6.92. The van der Waals surface area contributed by atoms with Crippen molar-refractivity contribution in [2.75, 3.05) is 12.8 Å². The van der Waals surface area contributed by atoms with Crippen molar-refractivity contribution in [1.82, 2.24) is 20.1 Å². The number of ether oxygens (including phenoxy) is 1. The fraction of sp³-hybridized carbons (Fsp3) is 0.182. The van der Waals surface area contributed by atoms with Gasteiger partial charge in [-0.2, -0.15) is 4.98 Å². The van der Waals surface area contributed by atoms with Gasteiger partial charge in [-0.25, -0.2) is 0 Å². The Bertz CT molecular complexity index is 579. The van der Waals surface area contributed by atoms with Crippen LogP contribution in [0.5, 0.6) is 11.8 Å². The van der Waals surface area contributed by atoms with Crippen LogP contribution >= 0.6 is 0 Å². The average Bonchev–Trinajstić information content (AvgIpc) is 2.76. The molecule has 18 heavy (non-hydrogen) atoms. The van der Waals surface area contributed by atoms with Crippen LogP contribution < -0.4 is 15.8 Å². The second-order valence-electron chi connectivity index (χ2n) is 3.63. The van der Waals surface area contributed by atoms with E-state index < -0.39 is 0 Å². The maximum absolute atomic E-state index is 11.4. The van der Waals surface area contributed by atoms with Crippen LogP contribution in [0.1, 0.15) is 10.4 Å². The van der Waals surface area contributed by atoms with Crippen molar-refractivity contribution in [3.8, 4) is 11.8 Å². The van der Waals surface area contributed by atoms with E-state index in [4.69, 9.17) is 10.5 Å². The van der Waals surface area contributed by atoms with Crippen LogP contribution in [0.4, 0.5) is 5.69 Å². The topological polar surface area (TPSA) is 95.1 Å². The zero-order chi connectivity index (χ0) is 13.1. The number of hydrogen-bond acceptors (Lipinski definition) is 5. The molecule has 0 saturated carbocycles. The monoisotopic (exact) mass is 247 g/mol. The number of rotatable bonds is 3. The number of nitrogen functional groups attached to an aromatic ring is 1. The lowest BCUT2D eigenvalue weighted by Gasteiger charge is -2.06. The van der Waals surface area contributed by atoms with E-state index in [-0.39, 0.29) is 11.9 Å². The minimum absolute atomic E-state index is 0.204. The number of nitrogens with zero attached hydrogens (tertiary/aromatic N) is 3. The minimum atomic E-state index is -0.204. The van der Waals surface area contributed by atoms with Gasteiger partial charge in [0, 0.05) is 19.7 Å². The van der Waals surface area contributed by atoms with E-state index in [1.807, 2.05) is 0 Å². The molecule has 7 nitrogen and oxygen atoms in total. The van der Waals surface area contributed by atoms with Gasteiger partial charge in [-0.15, -0.1) is 5.10 Å². The third kappa shape index (κ3) is 2.40. The van der Waals surface area contributed by atoms with Crippen molar-refractivity contribution in [3.63, 3.8) is 0 Å². The number of anilines is 1. The third-order valence-corrected chi connectivity index (χ3v) is 2.28. The van der Waals surface area contributed by atoms with Crippen LogP contribution in [0.15, 0.2) is 24.5 Å². The highest BCUT2D eigenvalue weighted by Gasteiger charge is 2.09. The van der Waals surface area contributed by atoms with E-state index in [2.05, 4.69) is 15.4 Å². The Hall–Kier alpha value is -2.57. The van der Waals surface area contributed by atoms with Gasteiger partial charge in [0.15, 0.2) is 5.75 Å². The van der Waals surface area contributed by atoms with Gasteiger partial charge in [-0.3, -0.25) is 9.48 Å². The minimum Gasteiger partial charge on any atom is -0.421 e. The summed E-state index contributed by atoms with van der Waals surface area (Å²) in [4.78, 5) is 15.3. The quantitative estimate of drug-likeness (QED) is 0.772. The summed E-state index contributed by atoms with van der Waals surface area (Å²) in [5, 5.41) is 6.49. The van der Waals surface area contributed by atoms with E-state index >= 15 is 0 Å². The van der Waals surface area contributed by atoms with Gasteiger partial charge in [-0.05, 0) is 18.2 Å². The summed E-state index contributed by atoms with van der Waals surface area (Å²) in [5.74, 6) is 0.207. The van der Waals surface area contributed by atoms with Gasteiger partial charge in [-0.1, -0.05) is 0 Å². The van der Waals surface area contributed by atoms with Crippen molar-refractivity contribution in [2.45, 2.75) is 0 Å². The number of carbonyl (C=O) groups is 1. The molecule has 0 saturated heterocycles. The highest BCUT2D eigenvalue weighted by atomic mass is 16.5. The van der Waals surface area contributed by atoms with Crippen molar-refractivity contribution >= 4 is 11.6 Å². The number of amides is 1. The summed E-state index contributed by atoms with van der Waals surface area (Å²) in [5.41, 5.74) is 6.62. The van der Waals surface area contributed by atoms with Gasteiger partial charge < -0.3 is 15.8 Å². The Kier molecular flexibility index (Phi) is 3.13. The molecule has 0 radical (unpaired) electrons. The number of hydrogen-bond donors (Lipinski definition) is 2. The lowest BCUT2D eigenvalue weighted by Crippen LogP contribution is -2.17. The van der Waals surface area contributed by atoms with Crippen LogP contribution in [-0.2, 0) is 7.05 Å². The molecule has 1 amide bonds. The maximum Gasteiger partial charge on any atom is 0.341 e. The highest BCUT2D eigenvalue weighted by molar-refractivity contribution is 5.95. The molecule has 0 aliphatic rings. The summed E-state index contributed by atoms with van der Waals surface area (Å²) in [7, 11) is 3.29. The van der Waals surface area contributed by atoms with Crippen molar-refractivity contribution in [1.29, 1.82) is 0 Å². The van der Waals surface area contributed by atoms with E-state index in [0.717, 1.165) is 0 Å². The molecule has 1 heterocycles. The summed E-state index contributed by atoms with van der Waals surface area (Å²) >= 11 is 0. The molecule has 0 fully saturated rings. The first-order chi connectivity index (χ1) is 8.60. The lowest BCUT2D eigenvalue weighted by atomic mass is 10.2. The largest absolute Gasteiger partial charge is 0.421 e. The predicted octanol–water partition coefficient (Wildman–Crippen LogP) is 0.549. The Morgan fingerprint density at radius 3 is 2.83 bits per heavy atom. The van der Waals surface area contributed by atoms with Crippen molar-refractivity contribution < 1.29 is 9.53 Å². The molecule has 0 atom stereocenters. The lowest BCUT2D eigenvalue weighted by molar-refractivity contribution is 0.0963. The van der Waals surface area contributed by atoms with Gasteiger partial charge in [0.25, 0.3) is 5.91 Å². The number of nitrogens with one attached hydrogen (secondary N) is 1. The molecule has 1 aromatic carbocycles. The van der Waals surface area contributed by atoms with Gasteiger partial charge in [0.2, 0.25) is 0 Å². The fourth-order valence-corrected chi connectivity index (χ4v) is 1.39. The fourth-order valence-electron chi connectivity index (χ4n) is 1.39. The Labute approximate surface area is 104 Å². The second kappa shape index (κ2) is 4.74. The Morgan fingerprint density at radius 1 is 1.50 bits per heavy atom. The maximum atomic E-state index is 11.4. The van der Waals surface area contributed by atoms with E-state index in [1.165, 1.54) is 17.1 Å². The molecule has 0 spiro atoms. The second-order valence-corrected chi connectivity index (χ2v) is 3.63. The van der Waals surface area contributed by atoms with Crippen molar-refractivity contribution in [3.05, 3.63) is 30.1 Å². The molecular weight excluding hydrogens is 234 g/mol. The van der Waals surface area contributed by atoms with Crippen LogP contribution in [0, 0.1) is 0 Å². The third-order valence-electron chi connectivity index (χ3n) is 2.28. The molecule has 0 bridgehead atoms. The molecule has 2 rings (SSSR count). The molecule has 1 aromatic heterocycles. The predicted molar refractivity (Wildman–Crippen MR) is 65.3 cm³/mol. The molecule has 0 unspecified atom stereocenters. The first kappa shape index (κ1) is 11.9. The number of aromatic nitrogens is 3. The highest BCUT2D eigenvalue weighted by Crippen LogP contribution is 2.26. The standard InChI is InChI=1S/C11H13N5O2/c1-13-10(17)7-3-4-9(8(12)5-7)18-11-14-6-16(2)15-11/h3-6H,12H2,1-2H3,(H,13,17). The molecule has 94 valence electrons. The van der Waals surface area contributed by atoms with Crippen LogP contribution in [0.2, 0.25) is 0 Å². The van der Waals surface area contributed by atoms with Crippen LogP contribution in [-0.4, -0.2) is 27.7 Å². The molecule has 3 N–H and O–H groups in total. The first-order valence-electron chi connectivity index (χ1n) is 5.25. The van der Waals surface area contributed by atoms with E-state index in [0.29, 0.717) is 17.0 Å². The summed E-state index contributed by atoms with van der Waals surface area (Å²) in [6.07, 6.45) is 1.52. The SMILES string of the molecule is CNC(=O)c1ccc(Oc2ncn(C)n2)c(N)c1. The average molecular weight is 247 g/mol. The molecule has 2 aromatic rings. The molecule has 7 heteroatoms. The Morgan fingerprint density at radius 2 is 2.28 bits per heavy atom. The van der Waals surface area contributed by atoms with Crippen LogP contribution in [0.25, 0.3) is 0 Å². The van der Waals surface area contributed by atoms with Gasteiger partial charge in [0.1, 0.15) is 6.33 Å². The van der Waals surface area contributed by atoms with Gasteiger partial charge in [0.05, 0.1) is 5.69 Å². The zero-order valence-electron chi connectivity index (χ0n) is 10.0. The molecular formula is C11H13N5O2. The number of carbonyl (C=O) groups excluding carboxylic acids is 1. The Balaban J connectivity index is 2.22. The van der Waals surface area contributed by atoms with Gasteiger partial charge >= 0.3 is 6.01 Å².